The molecule has 2 nitrogen and oxygen atoms in total. The summed E-state index contributed by atoms with van der Waals surface area (Å²) >= 11 is 4.95. The first-order valence-electron chi connectivity index (χ1n) is 5.66. The lowest BCUT2D eigenvalue weighted by Gasteiger charge is -2.04. The summed E-state index contributed by atoms with van der Waals surface area (Å²) in [5.74, 6) is 0. The first-order chi connectivity index (χ1) is 8.83. The van der Waals surface area contributed by atoms with Crippen LogP contribution in [0.5, 0.6) is 0 Å². The molecule has 0 aliphatic heterocycles. The third kappa shape index (κ3) is 2.40. The van der Waals surface area contributed by atoms with E-state index in [1.54, 1.807) is 0 Å². The molecular weight excluding hydrogens is 308 g/mol. The second-order valence-corrected chi connectivity index (χ2v) is 5.70. The maximum absolute atomic E-state index is 4.42. The Morgan fingerprint density at radius 1 is 1.06 bits per heavy atom. The number of anilines is 1. The Hall–Kier alpha value is -1.39. The van der Waals surface area contributed by atoms with Crippen LogP contribution >= 0.6 is 27.5 Å². The van der Waals surface area contributed by atoms with Gasteiger partial charge in [0, 0.05) is 16.4 Å². The van der Waals surface area contributed by atoms with Gasteiger partial charge in [0.05, 0.1) is 5.52 Å². The summed E-state index contributed by atoms with van der Waals surface area (Å²) in [6.07, 6.45) is 0. The van der Waals surface area contributed by atoms with Gasteiger partial charge in [-0.15, -0.1) is 0 Å². The zero-order valence-corrected chi connectivity index (χ0v) is 12.0. The Bertz CT molecular complexity index is 661. The average Bonchev–Trinajstić information content (AvgIpc) is 2.82. The molecule has 0 amide bonds. The Labute approximate surface area is 118 Å². The van der Waals surface area contributed by atoms with Crippen LogP contribution in [0.2, 0.25) is 0 Å². The summed E-state index contributed by atoms with van der Waals surface area (Å²) < 4.78 is 5.52. The van der Waals surface area contributed by atoms with Gasteiger partial charge in [0.1, 0.15) is 5.00 Å². The molecule has 0 atom stereocenters. The van der Waals surface area contributed by atoms with Crippen LogP contribution in [0.3, 0.4) is 0 Å². The van der Waals surface area contributed by atoms with E-state index >= 15 is 0 Å². The average molecular weight is 319 g/mol. The fourth-order valence-electron chi connectivity index (χ4n) is 1.80. The summed E-state index contributed by atoms with van der Waals surface area (Å²) in [5, 5.41) is 5.77. The van der Waals surface area contributed by atoms with E-state index < -0.39 is 0 Å². The van der Waals surface area contributed by atoms with Crippen LogP contribution in [0.1, 0.15) is 5.56 Å². The Morgan fingerprint density at radius 2 is 1.83 bits per heavy atom. The molecule has 3 aromatic rings. The van der Waals surface area contributed by atoms with Crippen LogP contribution in [0, 0.1) is 0 Å². The normalized spacial score (nSPS) is 10.7. The summed E-state index contributed by atoms with van der Waals surface area (Å²) in [7, 11) is 0. The molecule has 0 spiro atoms. The molecule has 1 N–H and O–H groups in total. The van der Waals surface area contributed by atoms with E-state index in [1.165, 1.54) is 22.5 Å². The third-order valence-corrected chi connectivity index (χ3v) is 4.11. The van der Waals surface area contributed by atoms with E-state index in [9.17, 15) is 0 Å². The van der Waals surface area contributed by atoms with Gasteiger partial charge in [-0.1, -0.05) is 40.2 Å². The largest absolute Gasteiger partial charge is 0.371 e. The number of rotatable bonds is 3. The van der Waals surface area contributed by atoms with Crippen molar-refractivity contribution in [1.29, 1.82) is 0 Å². The first kappa shape index (κ1) is 11.7. The highest BCUT2D eigenvalue weighted by Crippen LogP contribution is 2.27. The lowest BCUT2D eigenvalue weighted by atomic mass is 10.2. The number of halogens is 1. The number of hydrogen-bond acceptors (Lipinski definition) is 3. The van der Waals surface area contributed by atoms with E-state index in [4.69, 9.17) is 0 Å². The fraction of sp³-hybridized carbons (Fsp3) is 0.0714. The molecule has 1 aromatic heterocycles. The molecule has 4 heteroatoms. The summed E-state index contributed by atoms with van der Waals surface area (Å²) in [4.78, 5) is 0. The van der Waals surface area contributed by atoms with Gasteiger partial charge in [-0.05, 0) is 41.4 Å². The van der Waals surface area contributed by atoms with Crippen LogP contribution < -0.4 is 5.32 Å². The van der Waals surface area contributed by atoms with Gasteiger partial charge in [-0.3, -0.25) is 0 Å². The van der Waals surface area contributed by atoms with Crippen molar-refractivity contribution >= 4 is 43.4 Å². The number of fused-ring (bicyclic) bond motifs is 1. The van der Waals surface area contributed by atoms with Gasteiger partial charge in [-0.2, -0.15) is 4.37 Å². The van der Waals surface area contributed by atoms with E-state index in [0.29, 0.717) is 0 Å². The van der Waals surface area contributed by atoms with Crippen molar-refractivity contribution < 1.29 is 0 Å². The van der Waals surface area contributed by atoms with E-state index in [0.717, 1.165) is 21.5 Å². The molecule has 0 aliphatic rings. The van der Waals surface area contributed by atoms with Crippen molar-refractivity contribution in [2.24, 2.45) is 0 Å². The standard InChI is InChI=1S/C14H11BrN2S/c15-11-7-5-10(6-8-11)9-16-14-12-3-1-2-4-13(12)17-18-14/h1-8,16H,9H2. The smallest absolute Gasteiger partial charge is 0.117 e. The van der Waals surface area contributed by atoms with Crippen molar-refractivity contribution in [3.05, 3.63) is 58.6 Å². The molecule has 2 aromatic carbocycles. The molecule has 3 rings (SSSR count). The zero-order valence-electron chi connectivity index (χ0n) is 9.56. The Morgan fingerprint density at radius 3 is 2.67 bits per heavy atom. The van der Waals surface area contributed by atoms with E-state index in [-0.39, 0.29) is 0 Å². The highest BCUT2D eigenvalue weighted by molar-refractivity contribution is 9.10. The van der Waals surface area contributed by atoms with Gasteiger partial charge in [0.2, 0.25) is 0 Å². The lowest BCUT2D eigenvalue weighted by Crippen LogP contribution is -1.97. The minimum Gasteiger partial charge on any atom is -0.371 e. The fourth-order valence-corrected chi connectivity index (χ4v) is 2.82. The predicted molar refractivity (Wildman–Crippen MR) is 81.1 cm³/mol. The van der Waals surface area contributed by atoms with Gasteiger partial charge in [0.15, 0.2) is 0 Å². The van der Waals surface area contributed by atoms with Crippen LogP contribution in [0.15, 0.2) is 53.0 Å². The minimum atomic E-state index is 0.819. The third-order valence-electron chi connectivity index (χ3n) is 2.75. The number of nitrogens with one attached hydrogen (secondary N) is 1. The molecule has 1 heterocycles. The maximum atomic E-state index is 4.42. The van der Waals surface area contributed by atoms with Crippen molar-refractivity contribution in [2.45, 2.75) is 6.54 Å². The minimum absolute atomic E-state index is 0.819. The Kier molecular flexibility index (Phi) is 3.30. The second-order valence-electron chi connectivity index (χ2n) is 4.01. The van der Waals surface area contributed by atoms with E-state index in [1.807, 2.05) is 18.2 Å². The highest BCUT2D eigenvalue weighted by atomic mass is 79.9. The number of benzene rings is 2. The number of nitrogens with zero attached hydrogens (tertiary/aromatic N) is 1. The summed E-state index contributed by atoms with van der Waals surface area (Å²) in [5.41, 5.74) is 2.32. The molecule has 0 saturated carbocycles. The molecule has 90 valence electrons. The van der Waals surface area contributed by atoms with Crippen LogP contribution in [-0.2, 0) is 6.54 Å². The monoisotopic (exact) mass is 318 g/mol. The SMILES string of the molecule is Brc1ccc(CNc2snc3ccccc23)cc1. The molecular formula is C14H11BrN2S. The van der Waals surface area contributed by atoms with Crippen LogP contribution in [-0.4, -0.2) is 4.37 Å². The maximum Gasteiger partial charge on any atom is 0.117 e. The number of aromatic nitrogens is 1. The van der Waals surface area contributed by atoms with Crippen LogP contribution in [0.4, 0.5) is 5.00 Å². The first-order valence-corrected chi connectivity index (χ1v) is 7.22. The van der Waals surface area contributed by atoms with Crippen molar-refractivity contribution in [3.8, 4) is 0 Å². The molecule has 0 bridgehead atoms. The quantitative estimate of drug-likeness (QED) is 0.759. The van der Waals surface area contributed by atoms with Crippen molar-refractivity contribution in [3.63, 3.8) is 0 Å². The van der Waals surface area contributed by atoms with Crippen molar-refractivity contribution in [2.75, 3.05) is 5.32 Å². The van der Waals surface area contributed by atoms with Gasteiger partial charge in [-0.25, -0.2) is 0 Å². The molecule has 18 heavy (non-hydrogen) atoms. The highest BCUT2D eigenvalue weighted by Gasteiger charge is 2.04. The summed E-state index contributed by atoms with van der Waals surface area (Å²) in [6, 6.07) is 16.5. The molecule has 0 saturated heterocycles. The second kappa shape index (κ2) is 5.08. The van der Waals surface area contributed by atoms with Gasteiger partial charge in [0.25, 0.3) is 0 Å². The zero-order chi connectivity index (χ0) is 12.4. The van der Waals surface area contributed by atoms with Gasteiger partial charge < -0.3 is 5.32 Å². The van der Waals surface area contributed by atoms with Gasteiger partial charge >= 0.3 is 0 Å². The Balaban J connectivity index is 1.79. The van der Waals surface area contributed by atoms with Crippen molar-refractivity contribution in [1.82, 2.24) is 4.37 Å². The molecule has 0 aliphatic carbocycles. The molecule has 0 unspecified atom stereocenters. The molecule has 0 radical (unpaired) electrons. The lowest BCUT2D eigenvalue weighted by molar-refractivity contribution is 1.16. The van der Waals surface area contributed by atoms with E-state index in [2.05, 4.69) is 56.0 Å². The topological polar surface area (TPSA) is 24.9 Å². The predicted octanol–water partition coefficient (Wildman–Crippen LogP) is 4.67. The van der Waals surface area contributed by atoms with Crippen LogP contribution in [0.25, 0.3) is 10.9 Å². The summed E-state index contributed by atoms with van der Waals surface area (Å²) in [6.45, 7) is 0.819. The number of hydrogen-bond donors (Lipinski definition) is 1. The molecule has 0 fully saturated rings.